The summed E-state index contributed by atoms with van der Waals surface area (Å²) in [6, 6.07) is -0.338. The Kier molecular flexibility index (Phi) is 6.25. The molecule has 0 spiro atoms. The van der Waals surface area contributed by atoms with Crippen molar-refractivity contribution >= 4 is 23.6 Å². The molecule has 1 fully saturated rings. The Bertz CT molecular complexity index is 248. The second-order valence-corrected chi connectivity index (χ2v) is 4.86. The van der Waals surface area contributed by atoms with Crippen LogP contribution in [0.15, 0.2) is 0 Å². The number of hydrogen-bond donors (Lipinski definition) is 3. The van der Waals surface area contributed by atoms with Crippen LogP contribution in [0.5, 0.6) is 0 Å². The van der Waals surface area contributed by atoms with Crippen LogP contribution in [0, 0.1) is 0 Å². The van der Waals surface area contributed by atoms with Gasteiger partial charge in [-0.3, -0.25) is 9.59 Å². The van der Waals surface area contributed by atoms with Crippen LogP contribution in [0.1, 0.15) is 19.3 Å². The smallest absolute Gasteiger partial charge is 0.242 e. The first kappa shape index (κ1) is 13.3. The van der Waals surface area contributed by atoms with Crippen molar-refractivity contribution < 1.29 is 14.7 Å². The van der Waals surface area contributed by atoms with E-state index >= 15 is 0 Å². The van der Waals surface area contributed by atoms with Gasteiger partial charge in [-0.25, -0.2) is 0 Å². The average Bonchev–Trinajstić information content (AvgIpc) is 2.70. The molecular weight excluding hydrogens is 228 g/mol. The third kappa shape index (κ3) is 4.85. The van der Waals surface area contributed by atoms with Gasteiger partial charge in [-0.05, 0) is 18.6 Å². The third-order valence-electron chi connectivity index (χ3n) is 2.30. The summed E-state index contributed by atoms with van der Waals surface area (Å²) in [5, 5.41) is 14.0. The van der Waals surface area contributed by atoms with Gasteiger partial charge in [-0.15, -0.1) is 0 Å². The number of aliphatic hydroxyl groups is 1. The summed E-state index contributed by atoms with van der Waals surface area (Å²) in [7, 11) is 0. The van der Waals surface area contributed by atoms with Crippen molar-refractivity contribution in [2.45, 2.75) is 25.3 Å². The lowest BCUT2D eigenvalue weighted by atomic mass is 10.2. The predicted molar refractivity (Wildman–Crippen MR) is 63.2 cm³/mol. The van der Waals surface area contributed by atoms with E-state index in [1.54, 1.807) is 11.8 Å². The number of carbonyl (C=O) groups excluding carboxylic acids is 2. The minimum atomic E-state index is -0.338. The van der Waals surface area contributed by atoms with Crippen molar-refractivity contribution in [3.63, 3.8) is 0 Å². The van der Waals surface area contributed by atoms with Crippen LogP contribution >= 0.6 is 11.8 Å². The van der Waals surface area contributed by atoms with Crippen molar-refractivity contribution in [1.82, 2.24) is 10.6 Å². The van der Waals surface area contributed by atoms with E-state index in [1.807, 2.05) is 0 Å². The lowest BCUT2D eigenvalue weighted by Crippen LogP contribution is -2.42. The Hall–Kier alpha value is -0.750. The molecule has 1 atom stereocenters. The number of aliphatic hydroxyl groups excluding tert-OH is 1. The first-order chi connectivity index (χ1) is 7.74. The zero-order chi connectivity index (χ0) is 11.8. The van der Waals surface area contributed by atoms with E-state index in [0.29, 0.717) is 19.4 Å². The fourth-order valence-corrected chi connectivity index (χ4v) is 2.23. The molecule has 1 rings (SSSR count). The SMILES string of the molecule is O=C1CC[C@H](C(=O)NCCSCCCO)N1. The van der Waals surface area contributed by atoms with Crippen molar-refractivity contribution in [3.05, 3.63) is 0 Å². The number of nitrogens with one attached hydrogen (secondary N) is 2. The van der Waals surface area contributed by atoms with Crippen LogP contribution in [0.4, 0.5) is 0 Å². The molecular formula is C10H18N2O3S. The molecule has 0 aromatic heterocycles. The Balaban J connectivity index is 2.00. The zero-order valence-electron chi connectivity index (χ0n) is 9.20. The first-order valence-corrected chi connectivity index (χ1v) is 6.65. The number of rotatable bonds is 7. The number of amides is 2. The Labute approximate surface area is 99.4 Å². The second-order valence-electron chi connectivity index (χ2n) is 3.64. The lowest BCUT2D eigenvalue weighted by Gasteiger charge is -2.10. The highest BCUT2D eigenvalue weighted by Gasteiger charge is 2.26. The first-order valence-electron chi connectivity index (χ1n) is 5.49. The summed E-state index contributed by atoms with van der Waals surface area (Å²) in [5.41, 5.74) is 0. The molecule has 0 aliphatic carbocycles. The summed E-state index contributed by atoms with van der Waals surface area (Å²) >= 11 is 1.70. The molecule has 0 unspecified atom stereocenters. The van der Waals surface area contributed by atoms with Crippen LogP contribution < -0.4 is 10.6 Å². The summed E-state index contributed by atoms with van der Waals surface area (Å²) in [6.45, 7) is 0.828. The highest BCUT2D eigenvalue weighted by atomic mass is 32.2. The normalized spacial score (nSPS) is 19.6. The molecule has 6 heteroatoms. The topological polar surface area (TPSA) is 78.4 Å². The molecule has 2 amide bonds. The molecule has 1 aliphatic heterocycles. The summed E-state index contributed by atoms with van der Waals surface area (Å²) in [5.74, 6) is 1.62. The van der Waals surface area contributed by atoms with Gasteiger partial charge in [0.1, 0.15) is 6.04 Å². The average molecular weight is 246 g/mol. The van der Waals surface area contributed by atoms with Gasteiger partial charge in [0.25, 0.3) is 0 Å². The van der Waals surface area contributed by atoms with E-state index in [0.717, 1.165) is 17.9 Å². The molecule has 1 heterocycles. The van der Waals surface area contributed by atoms with E-state index in [1.165, 1.54) is 0 Å². The molecule has 16 heavy (non-hydrogen) atoms. The predicted octanol–water partition coefficient (Wildman–Crippen LogP) is -0.503. The Morgan fingerprint density at radius 3 is 3.00 bits per heavy atom. The molecule has 0 aromatic carbocycles. The summed E-state index contributed by atoms with van der Waals surface area (Å²) in [4.78, 5) is 22.4. The van der Waals surface area contributed by atoms with Crippen molar-refractivity contribution in [1.29, 1.82) is 0 Å². The largest absolute Gasteiger partial charge is 0.396 e. The summed E-state index contributed by atoms with van der Waals surface area (Å²) in [6.07, 6.45) is 1.84. The molecule has 0 radical (unpaired) electrons. The Morgan fingerprint density at radius 2 is 2.38 bits per heavy atom. The highest BCUT2D eigenvalue weighted by molar-refractivity contribution is 7.99. The lowest BCUT2D eigenvalue weighted by molar-refractivity contribution is -0.125. The monoisotopic (exact) mass is 246 g/mol. The van der Waals surface area contributed by atoms with Crippen LogP contribution in [-0.4, -0.2) is 47.6 Å². The van der Waals surface area contributed by atoms with Gasteiger partial charge in [0.2, 0.25) is 11.8 Å². The minimum absolute atomic E-state index is 0.0440. The van der Waals surface area contributed by atoms with Crippen LogP contribution in [0.25, 0.3) is 0 Å². The van der Waals surface area contributed by atoms with Crippen molar-refractivity contribution in [3.8, 4) is 0 Å². The minimum Gasteiger partial charge on any atom is -0.396 e. The van der Waals surface area contributed by atoms with Gasteiger partial charge in [-0.1, -0.05) is 0 Å². The Morgan fingerprint density at radius 1 is 1.56 bits per heavy atom. The van der Waals surface area contributed by atoms with Gasteiger partial charge in [0.15, 0.2) is 0 Å². The van der Waals surface area contributed by atoms with Gasteiger partial charge in [0, 0.05) is 25.3 Å². The van der Waals surface area contributed by atoms with Gasteiger partial charge >= 0.3 is 0 Å². The van der Waals surface area contributed by atoms with Crippen molar-refractivity contribution in [2.75, 3.05) is 24.7 Å². The zero-order valence-corrected chi connectivity index (χ0v) is 10.0. The molecule has 0 aromatic rings. The number of carbonyl (C=O) groups is 2. The molecule has 1 aliphatic rings. The van der Waals surface area contributed by atoms with Gasteiger partial charge in [0.05, 0.1) is 0 Å². The number of hydrogen-bond acceptors (Lipinski definition) is 4. The molecule has 1 saturated heterocycles. The van der Waals surface area contributed by atoms with E-state index in [2.05, 4.69) is 10.6 Å². The van der Waals surface area contributed by atoms with Crippen LogP contribution in [0.3, 0.4) is 0 Å². The fourth-order valence-electron chi connectivity index (χ4n) is 1.45. The maximum atomic E-state index is 11.5. The fraction of sp³-hybridized carbons (Fsp3) is 0.800. The van der Waals surface area contributed by atoms with Gasteiger partial charge < -0.3 is 15.7 Å². The maximum Gasteiger partial charge on any atom is 0.242 e. The standard InChI is InChI=1S/C10H18N2O3S/c13-5-1-6-16-7-4-11-10(15)8-2-3-9(14)12-8/h8,13H,1-7H2,(H,11,15)(H,12,14)/t8-/m1/s1. The molecule has 0 saturated carbocycles. The van der Waals surface area contributed by atoms with Crippen LogP contribution in [-0.2, 0) is 9.59 Å². The van der Waals surface area contributed by atoms with Crippen LogP contribution in [0.2, 0.25) is 0 Å². The van der Waals surface area contributed by atoms with E-state index < -0.39 is 0 Å². The molecule has 5 nitrogen and oxygen atoms in total. The summed E-state index contributed by atoms with van der Waals surface area (Å²) < 4.78 is 0. The molecule has 0 bridgehead atoms. The third-order valence-corrected chi connectivity index (χ3v) is 3.37. The maximum absolute atomic E-state index is 11.5. The molecule has 92 valence electrons. The van der Waals surface area contributed by atoms with E-state index in [9.17, 15) is 9.59 Å². The molecule has 3 N–H and O–H groups in total. The second kappa shape index (κ2) is 7.51. The van der Waals surface area contributed by atoms with E-state index in [4.69, 9.17) is 5.11 Å². The quantitative estimate of drug-likeness (QED) is 0.529. The van der Waals surface area contributed by atoms with E-state index in [-0.39, 0.29) is 24.5 Å². The van der Waals surface area contributed by atoms with Gasteiger partial charge in [-0.2, -0.15) is 11.8 Å². The highest BCUT2D eigenvalue weighted by Crippen LogP contribution is 2.06. The number of thioether (sulfide) groups is 1. The van der Waals surface area contributed by atoms with Crippen molar-refractivity contribution in [2.24, 2.45) is 0 Å².